The van der Waals surface area contributed by atoms with E-state index in [1.165, 1.54) is 22.1 Å². The van der Waals surface area contributed by atoms with E-state index in [2.05, 4.69) is 37.9 Å². The number of fused-ring (bicyclic) bond motifs is 3. The first-order chi connectivity index (χ1) is 11.0. The highest BCUT2D eigenvalue weighted by Gasteiger charge is 2.41. The fraction of sp³-hybridized carbons (Fsp3) is 0.526. The van der Waals surface area contributed by atoms with Crippen LogP contribution in [0.5, 0.6) is 0 Å². The van der Waals surface area contributed by atoms with E-state index < -0.39 is 5.60 Å². The predicted octanol–water partition coefficient (Wildman–Crippen LogP) is 3.92. The maximum atomic E-state index is 12.1. The number of carbonyl (C=O) groups excluding carboxylic acids is 1. The number of hydrogen-bond acceptors (Lipinski definition) is 3. The second kappa shape index (κ2) is 6.00. The molecule has 2 aromatic rings. The highest BCUT2D eigenvalue weighted by atomic mass is 16.5. The first-order valence-corrected chi connectivity index (χ1v) is 8.42. The second-order valence-corrected chi connectivity index (χ2v) is 6.41. The van der Waals surface area contributed by atoms with Crippen LogP contribution in [0.1, 0.15) is 49.1 Å². The van der Waals surface area contributed by atoms with E-state index >= 15 is 0 Å². The highest BCUT2D eigenvalue weighted by Crippen LogP contribution is 2.42. The first kappa shape index (κ1) is 16.1. The molecule has 1 unspecified atom stereocenters. The summed E-state index contributed by atoms with van der Waals surface area (Å²) in [5.74, 6) is -0.200. The number of esters is 1. The van der Waals surface area contributed by atoms with Gasteiger partial charge < -0.3 is 14.5 Å². The average molecular weight is 315 g/mol. The van der Waals surface area contributed by atoms with Gasteiger partial charge in [-0.25, -0.2) is 0 Å². The van der Waals surface area contributed by atoms with Gasteiger partial charge in [0.15, 0.2) is 0 Å². The summed E-state index contributed by atoms with van der Waals surface area (Å²) in [6.07, 6.45) is 1.88. The van der Waals surface area contributed by atoms with Crippen LogP contribution >= 0.6 is 0 Å². The van der Waals surface area contributed by atoms with E-state index in [0.717, 1.165) is 24.1 Å². The van der Waals surface area contributed by atoms with Crippen LogP contribution in [0.2, 0.25) is 0 Å². The van der Waals surface area contributed by atoms with Crippen molar-refractivity contribution in [3.8, 4) is 0 Å². The van der Waals surface area contributed by atoms with Crippen LogP contribution in [0.4, 0.5) is 0 Å². The third kappa shape index (κ3) is 2.65. The molecule has 0 saturated carbocycles. The summed E-state index contributed by atoms with van der Waals surface area (Å²) in [5, 5.41) is 1.27. The van der Waals surface area contributed by atoms with Gasteiger partial charge in [0.1, 0.15) is 5.60 Å². The lowest BCUT2D eigenvalue weighted by molar-refractivity contribution is -0.154. The van der Waals surface area contributed by atoms with E-state index in [-0.39, 0.29) is 12.4 Å². The molecular weight excluding hydrogens is 290 g/mol. The lowest BCUT2D eigenvalue weighted by atomic mass is 9.86. The maximum Gasteiger partial charge on any atom is 0.309 e. The van der Waals surface area contributed by atoms with Crippen LogP contribution < -0.4 is 0 Å². The number of benzene rings is 1. The van der Waals surface area contributed by atoms with Gasteiger partial charge in [0.2, 0.25) is 0 Å². The number of aromatic nitrogens is 1. The van der Waals surface area contributed by atoms with Crippen molar-refractivity contribution in [2.24, 2.45) is 0 Å². The number of nitrogens with one attached hydrogen (secondary N) is 1. The fourth-order valence-electron chi connectivity index (χ4n) is 3.76. The number of aryl methyl sites for hydroxylation is 2. The number of ether oxygens (including phenoxy) is 2. The number of H-pyrrole nitrogens is 1. The van der Waals surface area contributed by atoms with Crippen molar-refractivity contribution in [1.29, 1.82) is 0 Å². The minimum absolute atomic E-state index is 0.200. The van der Waals surface area contributed by atoms with Crippen molar-refractivity contribution in [2.75, 3.05) is 13.2 Å². The normalized spacial score (nSPS) is 20.5. The number of hydrogen-bond donors (Lipinski definition) is 1. The molecule has 1 atom stereocenters. The molecule has 0 bridgehead atoms. The van der Waals surface area contributed by atoms with Crippen molar-refractivity contribution < 1.29 is 14.3 Å². The molecule has 4 heteroatoms. The summed E-state index contributed by atoms with van der Waals surface area (Å²) in [6, 6.07) is 4.41. The van der Waals surface area contributed by atoms with Gasteiger partial charge in [-0.1, -0.05) is 18.6 Å². The topological polar surface area (TPSA) is 51.3 Å². The largest absolute Gasteiger partial charge is 0.466 e. The fourth-order valence-corrected chi connectivity index (χ4v) is 3.76. The Morgan fingerprint density at radius 1 is 1.35 bits per heavy atom. The minimum atomic E-state index is -0.598. The Kier molecular flexibility index (Phi) is 4.19. The van der Waals surface area contributed by atoms with Crippen molar-refractivity contribution in [2.45, 2.75) is 52.6 Å². The lowest BCUT2D eigenvalue weighted by Crippen LogP contribution is -2.37. The molecule has 0 saturated heterocycles. The van der Waals surface area contributed by atoms with E-state index in [1.54, 1.807) is 0 Å². The Hall–Kier alpha value is -1.81. The van der Waals surface area contributed by atoms with Crippen LogP contribution in [0.25, 0.3) is 10.9 Å². The molecule has 0 fully saturated rings. The van der Waals surface area contributed by atoms with Gasteiger partial charge in [-0.2, -0.15) is 0 Å². The molecule has 2 heterocycles. The van der Waals surface area contributed by atoms with E-state index in [1.807, 2.05) is 6.92 Å². The van der Waals surface area contributed by atoms with Gasteiger partial charge in [-0.05, 0) is 50.8 Å². The molecule has 0 spiro atoms. The van der Waals surface area contributed by atoms with E-state index in [4.69, 9.17) is 9.47 Å². The van der Waals surface area contributed by atoms with Crippen LogP contribution in [0.3, 0.4) is 0 Å². The Labute approximate surface area is 137 Å². The Bertz CT molecular complexity index is 747. The standard InChI is InChI=1S/C19H25NO3/c1-5-19(11-16(21)22-6-2)18-14(7-8-23-19)15-10-12(3)9-13(4)17(15)20-18/h9-10,20H,5-8,11H2,1-4H3. The molecule has 4 nitrogen and oxygen atoms in total. The quantitative estimate of drug-likeness (QED) is 0.870. The monoisotopic (exact) mass is 315 g/mol. The molecule has 0 radical (unpaired) electrons. The maximum absolute atomic E-state index is 12.1. The van der Waals surface area contributed by atoms with Crippen molar-refractivity contribution >= 4 is 16.9 Å². The SMILES string of the molecule is CCOC(=O)CC1(CC)OCCc2c1[nH]c1c(C)cc(C)cc21. The Morgan fingerprint density at radius 3 is 2.83 bits per heavy atom. The molecule has 1 aromatic heterocycles. The van der Waals surface area contributed by atoms with Crippen LogP contribution in [0.15, 0.2) is 12.1 Å². The third-order valence-corrected chi connectivity index (χ3v) is 4.85. The van der Waals surface area contributed by atoms with E-state index in [9.17, 15) is 4.79 Å². The molecule has 124 valence electrons. The number of aromatic amines is 1. The smallest absolute Gasteiger partial charge is 0.309 e. The van der Waals surface area contributed by atoms with Crippen molar-refractivity contribution in [1.82, 2.24) is 4.98 Å². The van der Waals surface area contributed by atoms with Gasteiger partial charge in [0.05, 0.1) is 25.3 Å². The molecule has 0 aliphatic carbocycles. The summed E-state index contributed by atoms with van der Waals surface area (Å²) in [6.45, 7) is 9.18. The van der Waals surface area contributed by atoms with Crippen molar-refractivity contribution in [3.63, 3.8) is 0 Å². The summed E-state index contributed by atoms with van der Waals surface area (Å²) >= 11 is 0. The van der Waals surface area contributed by atoms with Crippen LogP contribution in [-0.4, -0.2) is 24.2 Å². The van der Waals surface area contributed by atoms with Crippen molar-refractivity contribution in [3.05, 3.63) is 34.5 Å². The summed E-state index contributed by atoms with van der Waals surface area (Å²) in [7, 11) is 0. The summed E-state index contributed by atoms with van der Waals surface area (Å²) in [5.41, 5.74) is 5.41. The molecule has 3 rings (SSSR count). The van der Waals surface area contributed by atoms with Gasteiger partial charge >= 0.3 is 5.97 Å². The lowest BCUT2D eigenvalue weighted by Gasteiger charge is -2.36. The van der Waals surface area contributed by atoms with Crippen LogP contribution in [-0.2, 0) is 26.3 Å². The highest BCUT2D eigenvalue weighted by molar-refractivity contribution is 5.89. The molecule has 0 amide bonds. The minimum Gasteiger partial charge on any atom is -0.466 e. The summed E-state index contributed by atoms with van der Waals surface area (Å²) < 4.78 is 11.3. The molecule has 1 aliphatic rings. The molecule has 1 aliphatic heterocycles. The third-order valence-electron chi connectivity index (χ3n) is 4.85. The van der Waals surface area contributed by atoms with Gasteiger partial charge in [0.25, 0.3) is 0 Å². The molecular formula is C19H25NO3. The zero-order chi connectivity index (χ0) is 16.6. The number of carbonyl (C=O) groups is 1. The van der Waals surface area contributed by atoms with E-state index in [0.29, 0.717) is 13.2 Å². The molecule has 1 N–H and O–H groups in total. The average Bonchev–Trinajstić information content (AvgIpc) is 2.88. The van der Waals surface area contributed by atoms with Gasteiger partial charge in [-0.3, -0.25) is 4.79 Å². The van der Waals surface area contributed by atoms with Gasteiger partial charge in [0, 0.05) is 10.9 Å². The summed E-state index contributed by atoms with van der Waals surface area (Å²) in [4.78, 5) is 15.7. The second-order valence-electron chi connectivity index (χ2n) is 6.41. The molecule has 1 aromatic carbocycles. The Morgan fingerprint density at radius 2 is 2.13 bits per heavy atom. The van der Waals surface area contributed by atoms with Crippen LogP contribution in [0, 0.1) is 13.8 Å². The molecule has 23 heavy (non-hydrogen) atoms. The number of rotatable bonds is 4. The Balaban J connectivity index is 2.14. The zero-order valence-corrected chi connectivity index (χ0v) is 14.4. The predicted molar refractivity (Wildman–Crippen MR) is 90.6 cm³/mol. The van der Waals surface area contributed by atoms with Gasteiger partial charge in [-0.15, -0.1) is 0 Å². The first-order valence-electron chi connectivity index (χ1n) is 8.42. The zero-order valence-electron chi connectivity index (χ0n) is 14.4.